The zero-order valence-corrected chi connectivity index (χ0v) is 12.0. The van der Waals surface area contributed by atoms with Gasteiger partial charge in [0.2, 0.25) is 0 Å². The van der Waals surface area contributed by atoms with Crippen molar-refractivity contribution < 1.29 is 13.9 Å². The maximum Gasteiger partial charge on any atom is 0.196 e. The molecule has 0 N–H and O–H groups in total. The molecule has 0 aliphatic carbocycles. The minimum atomic E-state index is -0.342. The maximum absolute atomic E-state index is 13.0. The number of hydrogen-bond donors (Lipinski definition) is 0. The molecule has 0 saturated heterocycles. The number of hydrogen-bond acceptors (Lipinski definition) is 2. The largest absolute Gasteiger partial charge is 0.493 e. The van der Waals surface area contributed by atoms with Crippen molar-refractivity contribution in [3.05, 3.63) is 64.5 Å². The standard InChI is InChI=1S/C18H17FO2/c1-12-10-14-4-2-3-9-21-18(14)16(11-12)17(20)13-5-7-15(19)8-6-13/h5-8,10-11H,2-4,9H2,1H3. The highest BCUT2D eigenvalue weighted by Crippen LogP contribution is 2.31. The zero-order valence-electron chi connectivity index (χ0n) is 12.0. The van der Waals surface area contributed by atoms with Gasteiger partial charge in [-0.2, -0.15) is 0 Å². The quantitative estimate of drug-likeness (QED) is 0.777. The number of fused-ring (bicyclic) bond motifs is 1. The fraction of sp³-hybridized carbons (Fsp3) is 0.278. The average molecular weight is 284 g/mol. The van der Waals surface area contributed by atoms with Crippen molar-refractivity contribution in [2.45, 2.75) is 26.2 Å². The molecule has 3 rings (SSSR count). The Hall–Kier alpha value is -2.16. The normalized spacial score (nSPS) is 14.0. The Morgan fingerprint density at radius 1 is 1.14 bits per heavy atom. The van der Waals surface area contributed by atoms with E-state index in [9.17, 15) is 9.18 Å². The van der Waals surface area contributed by atoms with Crippen LogP contribution in [0.2, 0.25) is 0 Å². The van der Waals surface area contributed by atoms with Crippen LogP contribution in [-0.4, -0.2) is 12.4 Å². The molecule has 3 heteroatoms. The Morgan fingerprint density at radius 2 is 1.90 bits per heavy atom. The zero-order chi connectivity index (χ0) is 14.8. The average Bonchev–Trinajstić information content (AvgIpc) is 2.71. The lowest BCUT2D eigenvalue weighted by molar-refractivity contribution is 0.103. The van der Waals surface area contributed by atoms with E-state index in [1.165, 1.54) is 24.3 Å². The van der Waals surface area contributed by atoms with Gasteiger partial charge in [-0.1, -0.05) is 6.07 Å². The van der Waals surface area contributed by atoms with Crippen molar-refractivity contribution in [2.24, 2.45) is 0 Å². The second kappa shape index (κ2) is 5.68. The summed E-state index contributed by atoms with van der Waals surface area (Å²) in [5, 5.41) is 0. The molecule has 21 heavy (non-hydrogen) atoms. The van der Waals surface area contributed by atoms with Crippen LogP contribution in [0.5, 0.6) is 5.75 Å². The minimum absolute atomic E-state index is 0.114. The van der Waals surface area contributed by atoms with Crippen LogP contribution in [0.1, 0.15) is 39.9 Å². The van der Waals surface area contributed by atoms with Crippen molar-refractivity contribution in [3.8, 4) is 5.75 Å². The van der Waals surface area contributed by atoms with E-state index in [0.717, 1.165) is 30.4 Å². The van der Waals surface area contributed by atoms with E-state index in [4.69, 9.17) is 4.74 Å². The molecule has 0 unspecified atom stereocenters. The van der Waals surface area contributed by atoms with E-state index in [0.29, 0.717) is 23.5 Å². The fourth-order valence-corrected chi connectivity index (χ4v) is 2.72. The molecule has 0 aromatic heterocycles. The Labute approximate surface area is 123 Å². The summed E-state index contributed by atoms with van der Waals surface area (Å²) in [6, 6.07) is 9.59. The van der Waals surface area contributed by atoms with Gasteiger partial charge in [-0.05, 0) is 67.6 Å². The summed E-state index contributed by atoms with van der Waals surface area (Å²) in [6.07, 6.45) is 3.00. The molecule has 2 aromatic rings. The molecule has 0 atom stereocenters. The molecule has 0 radical (unpaired) electrons. The number of benzene rings is 2. The predicted molar refractivity (Wildman–Crippen MR) is 79.4 cm³/mol. The first-order chi connectivity index (χ1) is 10.1. The van der Waals surface area contributed by atoms with Crippen LogP contribution < -0.4 is 4.74 Å². The smallest absolute Gasteiger partial charge is 0.196 e. The number of ketones is 1. The fourth-order valence-electron chi connectivity index (χ4n) is 2.72. The maximum atomic E-state index is 13.0. The third kappa shape index (κ3) is 2.82. The molecule has 1 heterocycles. The Bertz CT molecular complexity index is 674. The summed E-state index contributed by atoms with van der Waals surface area (Å²) in [5.74, 6) is 0.246. The molecule has 0 saturated carbocycles. The van der Waals surface area contributed by atoms with Crippen molar-refractivity contribution in [2.75, 3.05) is 6.61 Å². The predicted octanol–water partition coefficient (Wildman–Crippen LogP) is 4.08. The lowest BCUT2D eigenvalue weighted by Crippen LogP contribution is -2.07. The van der Waals surface area contributed by atoms with Gasteiger partial charge >= 0.3 is 0 Å². The summed E-state index contributed by atoms with van der Waals surface area (Å²) in [4.78, 5) is 12.7. The lowest BCUT2D eigenvalue weighted by atomic mass is 9.96. The first-order valence-electron chi connectivity index (χ1n) is 7.22. The molecule has 0 fully saturated rings. The van der Waals surface area contributed by atoms with Gasteiger partial charge in [-0.15, -0.1) is 0 Å². The van der Waals surface area contributed by atoms with Crippen LogP contribution in [0, 0.1) is 12.7 Å². The van der Waals surface area contributed by atoms with Crippen molar-refractivity contribution >= 4 is 5.78 Å². The van der Waals surface area contributed by atoms with Crippen molar-refractivity contribution in [1.29, 1.82) is 0 Å². The van der Waals surface area contributed by atoms with Gasteiger partial charge in [-0.25, -0.2) is 4.39 Å². The summed E-state index contributed by atoms with van der Waals surface area (Å²) in [5.41, 5.74) is 3.21. The van der Waals surface area contributed by atoms with Crippen LogP contribution >= 0.6 is 0 Å². The van der Waals surface area contributed by atoms with Gasteiger partial charge in [0.05, 0.1) is 12.2 Å². The summed E-state index contributed by atoms with van der Waals surface area (Å²) >= 11 is 0. The molecular weight excluding hydrogens is 267 g/mol. The van der Waals surface area contributed by atoms with Crippen LogP contribution in [0.25, 0.3) is 0 Å². The highest BCUT2D eigenvalue weighted by atomic mass is 19.1. The molecule has 2 nitrogen and oxygen atoms in total. The topological polar surface area (TPSA) is 26.3 Å². The van der Waals surface area contributed by atoms with Gasteiger partial charge in [-0.3, -0.25) is 4.79 Å². The molecule has 0 amide bonds. The number of halogens is 1. The van der Waals surface area contributed by atoms with Gasteiger partial charge in [0, 0.05) is 5.56 Å². The van der Waals surface area contributed by atoms with Crippen LogP contribution in [0.15, 0.2) is 36.4 Å². The SMILES string of the molecule is Cc1cc2c(c(C(=O)c3ccc(F)cc3)c1)OCCCC2. The van der Waals surface area contributed by atoms with Gasteiger partial charge < -0.3 is 4.74 Å². The number of carbonyl (C=O) groups excluding carboxylic acids is 1. The Kier molecular flexibility index (Phi) is 3.74. The third-order valence-electron chi connectivity index (χ3n) is 3.75. The molecule has 0 bridgehead atoms. The molecule has 2 aromatic carbocycles. The highest BCUT2D eigenvalue weighted by Gasteiger charge is 2.20. The monoisotopic (exact) mass is 284 g/mol. The van der Waals surface area contributed by atoms with E-state index >= 15 is 0 Å². The minimum Gasteiger partial charge on any atom is -0.493 e. The van der Waals surface area contributed by atoms with Crippen LogP contribution in [-0.2, 0) is 6.42 Å². The van der Waals surface area contributed by atoms with E-state index in [1.807, 2.05) is 13.0 Å². The summed E-state index contributed by atoms with van der Waals surface area (Å²) in [6.45, 7) is 2.62. The molecule has 1 aliphatic rings. The highest BCUT2D eigenvalue weighted by molar-refractivity contribution is 6.11. The van der Waals surface area contributed by atoms with E-state index in [2.05, 4.69) is 6.07 Å². The molecule has 108 valence electrons. The second-order valence-corrected chi connectivity index (χ2v) is 5.44. The van der Waals surface area contributed by atoms with Crippen molar-refractivity contribution in [3.63, 3.8) is 0 Å². The number of rotatable bonds is 2. The van der Waals surface area contributed by atoms with E-state index in [-0.39, 0.29) is 11.6 Å². The summed E-state index contributed by atoms with van der Waals surface area (Å²) < 4.78 is 18.8. The molecular formula is C18H17FO2. The number of aryl methyl sites for hydroxylation is 2. The molecule has 0 spiro atoms. The van der Waals surface area contributed by atoms with Crippen molar-refractivity contribution in [1.82, 2.24) is 0 Å². The number of ether oxygens (including phenoxy) is 1. The molecule has 1 aliphatic heterocycles. The van der Waals surface area contributed by atoms with Gasteiger partial charge in [0.1, 0.15) is 11.6 Å². The summed E-state index contributed by atoms with van der Waals surface area (Å²) in [7, 11) is 0. The third-order valence-corrected chi connectivity index (χ3v) is 3.75. The Morgan fingerprint density at radius 3 is 2.67 bits per heavy atom. The van der Waals surface area contributed by atoms with Crippen LogP contribution in [0.3, 0.4) is 0 Å². The Balaban J connectivity index is 2.07. The van der Waals surface area contributed by atoms with E-state index < -0.39 is 0 Å². The van der Waals surface area contributed by atoms with Crippen LogP contribution in [0.4, 0.5) is 4.39 Å². The van der Waals surface area contributed by atoms with Gasteiger partial charge in [0.25, 0.3) is 0 Å². The first kappa shape index (κ1) is 13.8. The first-order valence-corrected chi connectivity index (χ1v) is 7.22. The van der Waals surface area contributed by atoms with Gasteiger partial charge in [0.15, 0.2) is 5.78 Å². The second-order valence-electron chi connectivity index (χ2n) is 5.44. The lowest BCUT2D eigenvalue weighted by Gasteiger charge is -2.13. The van der Waals surface area contributed by atoms with E-state index in [1.54, 1.807) is 0 Å². The number of carbonyl (C=O) groups is 1.